The van der Waals surface area contributed by atoms with Crippen LogP contribution < -0.4 is 5.32 Å². The quantitative estimate of drug-likeness (QED) is 0.495. The van der Waals surface area contributed by atoms with Crippen LogP contribution in [-0.4, -0.2) is 9.97 Å². The predicted molar refractivity (Wildman–Crippen MR) is 120 cm³/mol. The molecule has 0 radical (unpaired) electrons. The standard InChI is InChI=1S/C20H23N3.C2H6.C2H4/c1-4-8-16-11-15(5-2)12-17(13-16)22-20-14(3)21-18-9-6-7-10-19(18)23-20;2*1-2/h6-7,9-13H,4-5,8H2,1-3H3,(H,22,23);1-2H3;1-2H2. The van der Waals surface area contributed by atoms with Gasteiger partial charge in [-0.3, -0.25) is 0 Å². The van der Waals surface area contributed by atoms with Crippen LogP contribution in [0, 0.1) is 6.92 Å². The summed E-state index contributed by atoms with van der Waals surface area (Å²) in [5.41, 5.74) is 6.60. The zero-order valence-corrected chi connectivity index (χ0v) is 17.5. The Morgan fingerprint density at radius 1 is 0.889 bits per heavy atom. The summed E-state index contributed by atoms with van der Waals surface area (Å²) in [5.74, 6) is 0.833. The smallest absolute Gasteiger partial charge is 0.152 e. The summed E-state index contributed by atoms with van der Waals surface area (Å²) < 4.78 is 0. The van der Waals surface area contributed by atoms with Crippen LogP contribution >= 0.6 is 0 Å². The van der Waals surface area contributed by atoms with E-state index in [1.165, 1.54) is 11.1 Å². The first kappa shape index (κ1) is 22.4. The van der Waals surface area contributed by atoms with E-state index in [-0.39, 0.29) is 0 Å². The lowest BCUT2D eigenvalue weighted by Gasteiger charge is -2.12. The third-order valence-corrected chi connectivity index (χ3v) is 4.01. The zero-order chi connectivity index (χ0) is 20.2. The molecule has 1 aromatic heterocycles. The second-order valence-electron chi connectivity index (χ2n) is 5.91. The molecule has 3 heteroatoms. The number of rotatable bonds is 5. The first-order valence-corrected chi connectivity index (χ1v) is 9.83. The molecule has 0 amide bonds. The molecule has 0 saturated heterocycles. The normalized spacial score (nSPS) is 9.67. The molecule has 0 fully saturated rings. The number of nitrogens with zero attached hydrogens (tertiary/aromatic N) is 2. The first-order chi connectivity index (χ1) is 13.2. The van der Waals surface area contributed by atoms with E-state index >= 15 is 0 Å². The zero-order valence-electron chi connectivity index (χ0n) is 17.5. The molecule has 3 aromatic rings. The maximum atomic E-state index is 4.73. The SMILES string of the molecule is C=C.CC.CCCc1cc(CC)cc(Nc2nc3ccccc3nc2C)c1. The Morgan fingerprint density at radius 2 is 1.48 bits per heavy atom. The summed E-state index contributed by atoms with van der Waals surface area (Å²) in [6, 6.07) is 14.7. The third kappa shape index (κ3) is 6.21. The Morgan fingerprint density at radius 3 is 2.07 bits per heavy atom. The Kier molecular flexibility index (Phi) is 9.81. The molecule has 0 aliphatic heterocycles. The highest BCUT2D eigenvalue weighted by Crippen LogP contribution is 2.23. The van der Waals surface area contributed by atoms with Crippen molar-refractivity contribution >= 4 is 22.5 Å². The summed E-state index contributed by atoms with van der Waals surface area (Å²) in [7, 11) is 0. The van der Waals surface area contributed by atoms with E-state index in [9.17, 15) is 0 Å². The molecule has 0 aliphatic rings. The van der Waals surface area contributed by atoms with Gasteiger partial charge in [-0.25, -0.2) is 9.97 Å². The molecular weight excluding hydrogens is 330 g/mol. The average Bonchev–Trinajstić information content (AvgIpc) is 2.71. The van der Waals surface area contributed by atoms with Gasteiger partial charge in [0, 0.05) is 5.69 Å². The van der Waals surface area contributed by atoms with Crippen molar-refractivity contribution in [2.45, 2.75) is 53.9 Å². The van der Waals surface area contributed by atoms with E-state index in [0.29, 0.717) is 0 Å². The highest BCUT2D eigenvalue weighted by atomic mass is 15.0. The minimum Gasteiger partial charge on any atom is -0.339 e. The van der Waals surface area contributed by atoms with Crippen LogP contribution in [0.1, 0.15) is 50.9 Å². The highest BCUT2D eigenvalue weighted by Gasteiger charge is 2.07. The van der Waals surface area contributed by atoms with E-state index < -0.39 is 0 Å². The summed E-state index contributed by atoms with van der Waals surface area (Å²) >= 11 is 0. The van der Waals surface area contributed by atoms with Gasteiger partial charge < -0.3 is 5.32 Å². The monoisotopic (exact) mass is 363 g/mol. The number of hydrogen-bond donors (Lipinski definition) is 1. The van der Waals surface area contributed by atoms with Gasteiger partial charge in [-0.2, -0.15) is 0 Å². The summed E-state index contributed by atoms with van der Waals surface area (Å²) in [4.78, 5) is 9.38. The second-order valence-corrected chi connectivity index (χ2v) is 5.91. The van der Waals surface area contributed by atoms with E-state index in [2.05, 4.69) is 55.5 Å². The first-order valence-electron chi connectivity index (χ1n) is 9.83. The van der Waals surface area contributed by atoms with Gasteiger partial charge in [0.25, 0.3) is 0 Å². The number of para-hydroxylation sites is 2. The second kappa shape index (κ2) is 11.8. The van der Waals surface area contributed by atoms with Gasteiger partial charge in [0.05, 0.1) is 16.7 Å². The minimum atomic E-state index is 0.833. The van der Waals surface area contributed by atoms with Crippen LogP contribution in [0.4, 0.5) is 11.5 Å². The number of fused-ring (bicyclic) bond motifs is 1. The lowest BCUT2D eigenvalue weighted by atomic mass is 10.0. The summed E-state index contributed by atoms with van der Waals surface area (Å²) in [6.45, 7) is 16.4. The summed E-state index contributed by atoms with van der Waals surface area (Å²) in [6.07, 6.45) is 3.29. The Bertz CT molecular complexity index is 840. The van der Waals surface area contributed by atoms with Crippen molar-refractivity contribution in [2.24, 2.45) is 0 Å². The number of nitrogens with one attached hydrogen (secondary N) is 1. The molecule has 0 bridgehead atoms. The van der Waals surface area contributed by atoms with Crippen molar-refractivity contribution in [1.29, 1.82) is 0 Å². The molecule has 3 nitrogen and oxygen atoms in total. The van der Waals surface area contributed by atoms with Gasteiger partial charge in [-0.1, -0.05) is 52.3 Å². The van der Waals surface area contributed by atoms with Gasteiger partial charge in [0.1, 0.15) is 0 Å². The van der Waals surface area contributed by atoms with Crippen LogP contribution in [-0.2, 0) is 12.8 Å². The molecule has 0 aliphatic carbocycles. The maximum Gasteiger partial charge on any atom is 0.152 e. The third-order valence-electron chi connectivity index (χ3n) is 4.01. The Hall–Kier alpha value is -2.68. The largest absolute Gasteiger partial charge is 0.339 e. The highest BCUT2D eigenvalue weighted by molar-refractivity contribution is 5.77. The number of hydrogen-bond acceptors (Lipinski definition) is 3. The van der Waals surface area contributed by atoms with E-state index in [1.807, 2.05) is 45.0 Å². The van der Waals surface area contributed by atoms with Crippen molar-refractivity contribution in [3.8, 4) is 0 Å². The topological polar surface area (TPSA) is 37.8 Å². The molecule has 0 spiro atoms. The van der Waals surface area contributed by atoms with Crippen molar-refractivity contribution < 1.29 is 0 Å². The van der Waals surface area contributed by atoms with E-state index in [4.69, 9.17) is 4.98 Å². The van der Waals surface area contributed by atoms with Gasteiger partial charge >= 0.3 is 0 Å². The molecule has 1 N–H and O–H groups in total. The fourth-order valence-electron chi connectivity index (χ4n) is 2.82. The molecule has 0 atom stereocenters. The maximum absolute atomic E-state index is 4.73. The lowest BCUT2D eigenvalue weighted by Crippen LogP contribution is -2.01. The minimum absolute atomic E-state index is 0.833. The van der Waals surface area contributed by atoms with Crippen molar-refractivity contribution in [1.82, 2.24) is 9.97 Å². The number of anilines is 2. The van der Waals surface area contributed by atoms with Gasteiger partial charge in [0.2, 0.25) is 0 Å². The van der Waals surface area contributed by atoms with Gasteiger partial charge in [-0.05, 0) is 55.2 Å². The van der Waals surface area contributed by atoms with Gasteiger partial charge in [-0.15, -0.1) is 13.2 Å². The Labute approximate surface area is 164 Å². The fraction of sp³-hybridized carbons (Fsp3) is 0.333. The lowest BCUT2D eigenvalue weighted by molar-refractivity contribution is 0.917. The number of benzene rings is 2. The van der Waals surface area contributed by atoms with Crippen molar-refractivity contribution in [2.75, 3.05) is 5.32 Å². The molecule has 144 valence electrons. The van der Waals surface area contributed by atoms with Crippen LogP contribution in [0.15, 0.2) is 55.6 Å². The van der Waals surface area contributed by atoms with Crippen molar-refractivity contribution in [3.63, 3.8) is 0 Å². The molecule has 3 rings (SSSR count). The molecule has 0 saturated carbocycles. The van der Waals surface area contributed by atoms with E-state index in [1.54, 1.807) is 0 Å². The van der Waals surface area contributed by atoms with E-state index in [0.717, 1.165) is 47.5 Å². The van der Waals surface area contributed by atoms with Crippen molar-refractivity contribution in [3.05, 3.63) is 72.4 Å². The predicted octanol–water partition coefficient (Wildman–Crippen LogP) is 7.03. The molecular formula is C24H33N3. The molecule has 2 aromatic carbocycles. The average molecular weight is 364 g/mol. The summed E-state index contributed by atoms with van der Waals surface area (Å²) in [5, 5.41) is 3.46. The van der Waals surface area contributed by atoms with Crippen LogP contribution in [0.25, 0.3) is 11.0 Å². The molecule has 1 heterocycles. The molecule has 0 unspecified atom stereocenters. The molecule has 27 heavy (non-hydrogen) atoms. The number of aromatic nitrogens is 2. The van der Waals surface area contributed by atoms with Crippen LogP contribution in [0.2, 0.25) is 0 Å². The number of aryl methyl sites for hydroxylation is 3. The van der Waals surface area contributed by atoms with Crippen LogP contribution in [0.5, 0.6) is 0 Å². The Balaban J connectivity index is 0.000000855. The van der Waals surface area contributed by atoms with Gasteiger partial charge in [0.15, 0.2) is 5.82 Å². The fourth-order valence-corrected chi connectivity index (χ4v) is 2.82. The van der Waals surface area contributed by atoms with Crippen LogP contribution in [0.3, 0.4) is 0 Å².